The van der Waals surface area contributed by atoms with E-state index in [4.69, 9.17) is 5.11 Å². The van der Waals surface area contributed by atoms with E-state index in [1.807, 2.05) is 0 Å². The van der Waals surface area contributed by atoms with Crippen molar-refractivity contribution in [3.05, 3.63) is 29.3 Å². The predicted octanol–water partition coefficient (Wildman–Crippen LogP) is 2.02. The Morgan fingerprint density at radius 3 is 2.60 bits per heavy atom. The van der Waals surface area contributed by atoms with Crippen LogP contribution in [0, 0.1) is 0 Å². The molecule has 0 aliphatic heterocycles. The first-order chi connectivity index (χ1) is 9.42. The van der Waals surface area contributed by atoms with Gasteiger partial charge in [0.25, 0.3) is 0 Å². The summed E-state index contributed by atoms with van der Waals surface area (Å²) in [6.07, 6.45) is -0.116. The van der Waals surface area contributed by atoms with Gasteiger partial charge in [-0.2, -0.15) is 8.78 Å². The average Bonchev–Trinajstić information content (AvgIpc) is 2.37. The highest BCUT2D eigenvalue weighted by Crippen LogP contribution is 2.24. The number of alkyl halides is 2. The number of carbonyl (C=O) groups is 2. The highest BCUT2D eigenvalue weighted by atomic mass is 19.3. The zero-order valence-corrected chi connectivity index (χ0v) is 10.8. The number of benzene rings is 1. The Morgan fingerprint density at radius 1 is 1.35 bits per heavy atom. The molecule has 110 valence electrons. The van der Waals surface area contributed by atoms with Gasteiger partial charge in [0.05, 0.1) is 13.5 Å². The molecule has 0 radical (unpaired) electrons. The number of aliphatic carboxylic acids is 1. The lowest BCUT2D eigenvalue weighted by Gasteiger charge is -2.11. The van der Waals surface area contributed by atoms with Crippen LogP contribution in [0.15, 0.2) is 18.2 Å². The quantitative estimate of drug-likeness (QED) is 0.777. The topological polar surface area (TPSA) is 72.8 Å². The van der Waals surface area contributed by atoms with Gasteiger partial charge in [-0.15, -0.1) is 0 Å². The maximum atomic E-state index is 12.3. The van der Waals surface area contributed by atoms with Gasteiger partial charge in [0.15, 0.2) is 0 Å². The second-order valence-electron chi connectivity index (χ2n) is 3.97. The summed E-state index contributed by atoms with van der Waals surface area (Å²) in [6.45, 7) is -2.99. The first-order valence-corrected chi connectivity index (χ1v) is 5.77. The van der Waals surface area contributed by atoms with E-state index >= 15 is 0 Å². The van der Waals surface area contributed by atoms with Crippen molar-refractivity contribution in [3.8, 4) is 5.75 Å². The lowest BCUT2D eigenvalue weighted by atomic mass is 10.0. The zero-order valence-electron chi connectivity index (χ0n) is 10.8. The van der Waals surface area contributed by atoms with Crippen LogP contribution in [0.4, 0.5) is 8.78 Å². The third-order valence-electron chi connectivity index (χ3n) is 2.52. The fourth-order valence-corrected chi connectivity index (χ4v) is 1.66. The molecule has 5 nitrogen and oxygen atoms in total. The summed E-state index contributed by atoms with van der Waals surface area (Å²) >= 11 is 0. The minimum atomic E-state index is -2.99. The van der Waals surface area contributed by atoms with Crippen molar-refractivity contribution >= 4 is 11.9 Å². The summed E-state index contributed by atoms with van der Waals surface area (Å²) in [7, 11) is 1.22. The van der Waals surface area contributed by atoms with Gasteiger partial charge in [-0.1, -0.05) is 12.1 Å². The maximum absolute atomic E-state index is 12.3. The zero-order chi connectivity index (χ0) is 15.1. The number of halogens is 2. The lowest BCUT2D eigenvalue weighted by Crippen LogP contribution is -2.08. The van der Waals surface area contributed by atoms with E-state index in [0.29, 0.717) is 11.1 Å². The van der Waals surface area contributed by atoms with Crippen molar-refractivity contribution < 1.29 is 33.0 Å². The molecule has 0 aliphatic rings. The Kier molecular flexibility index (Phi) is 5.89. The summed E-state index contributed by atoms with van der Waals surface area (Å²) in [4.78, 5) is 21.7. The molecule has 0 atom stereocenters. The van der Waals surface area contributed by atoms with Crippen molar-refractivity contribution in [2.24, 2.45) is 0 Å². The first kappa shape index (κ1) is 15.9. The van der Waals surface area contributed by atoms with Gasteiger partial charge >= 0.3 is 18.6 Å². The van der Waals surface area contributed by atoms with E-state index in [2.05, 4.69) is 9.47 Å². The van der Waals surface area contributed by atoms with Crippen LogP contribution in [0.1, 0.15) is 17.5 Å². The van der Waals surface area contributed by atoms with Gasteiger partial charge in [0, 0.05) is 6.42 Å². The van der Waals surface area contributed by atoms with E-state index in [9.17, 15) is 18.4 Å². The maximum Gasteiger partial charge on any atom is 0.387 e. The van der Waals surface area contributed by atoms with Crippen LogP contribution in [0.25, 0.3) is 0 Å². The number of hydrogen-bond acceptors (Lipinski definition) is 4. The number of ether oxygens (including phenoxy) is 2. The molecule has 0 saturated heterocycles. The molecule has 0 unspecified atom stereocenters. The van der Waals surface area contributed by atoms with E-state index in [1.54, 1.807) is 0 Å². The summed E-state index contributed by atoms with van der Waals surface area (Å²) in [5, 5.41) is 8.70. The van der Waals surface area contributed by atoms with Crippen LogP contribution < -0.4 is 4.74 Å². The fraction of sp³-hybridized carbons (Fsp3) is 0.385. The lowest BCUT2D eigenvalue weighted by molar-refractivity contribution is -0.140. The molecule has 0 saturated carbocycles. The fourth-order valence-electron chi connectivity index (χ4n) is 1.66. The van der Waals surface area contributed by atoms with Crippen molar-refractivity contribution in [3.63, 3.8) is 0 Å². The van der Waals surface area contributed by atoms with Gasteiger partial charge in [-0.25, -0.2) is 0 Å². The molecule has 1 rings (SSSR count). The van der Waals surface area contributed by atoms with E-state index in [0.717, 1.165) is 0 Å². The molecule has 1 N–H and O–H groups in total. The molecule has 0 aromatic heterocycles. The average molecular weight is 288 g/mol. The van der Waals surface area contributed by atoms with Crippen LogP contribution >= 0.6 is 0 Å². The number of carbonyl (C=O) groups excluding carboxylic acids is 1. The predicted molar refractivity (Wildman–Crippen MR) is 64.8 cm³/mol. The van der Waals surface area contributed by atoms with Gasteiger partial charge in [-0.3, -0.25) is 9.59 Å². The molecule has 0 bridgehead atoms. The van der Waals surface area contributed by atoms with Crippen molar-refractivity contribution in [2.75, 3.05) is 7.11 Å². The highest BCUT2D eigenvalue weighted by molar-refractivity contribution is 5.71. The van der Waals surface area contributed by atoms with Gasteiger partial charge in [0.2, 0.25) is 0 Å². The smallest absolute Gasteiger partial charge is 0.387 e. The molecule has 1 aromatic rings. The van der Waals surface area contributed by atoms with E-state index in [1.165, 1.54) is 25.3 Å². The number of esters is 1. The monoisotopic (exact) mass is 288 g/mol. The van der Waals surface area contributed by atoms with Gasteiger partial charge < -0.3 is 14.6 Å². The molecule has 0 fully saturated rings. The van der Waals surface area contributed by atoms with Crippen molar-refractivity contribution in [1.29, 1.82) is 0 Å². The summed E-state index contributed by atoms with van der Waals surface area (Å²) in [6, 6.07) is 4.11. The summed E-state index contributed by atoms with van der Waals surface area (Å²) in [5.74, 6) is -1.60. The van der Waals surface area contributed by atoms with Crippen molar-refractivity contribution in [2.45, 2.75) is 25.9 Å². The van der Waals surface area contributed by atoms with Crippen molar-refractivity contribution in [1.82, 2.24) is 0 Å². The largest absolute Gasteiger partial charge is 0.481 e. The molecular formula is C13H14F2O5. The molecule has 0 heterocycles. The molecule has 7 heteroatoms. The van der Waals surface area contributed by atoms with Crippen LogP contribution in [-0.4, -0.2) is 30.8 Å². The number of rotatable bonds is 7. The minimum Gasteiger partial charge on any atom is -0.481 e. The molecule has 1 aromatic carbocycles. The Morgan fingerprint density at radius 2 is 2.05 bits per heavy atom. The Hall–Kier alpha value is -2.18. The number of carboxylic acids is 1. The summed E-state index contributed by atoms with van der Waals surface area (Å²) < 4.78 is 33.3. The van der Waals surface area contributed by atoms with E-state index in [-0.39, 0.29) is 25.0 Å². The standard InChI is InChI=1S/C13H14F2O5/c1-19-12(18)5-3-9-6-8(7-11(16)17)2-4-10(9)20-13(14)15/h2,4,6,13H,3,5,7H2,1H3,(H,16,17). The molecule has 0 aliphatic carbocycles. The summed E-state index contributed by atoms with van der Waals surface area (Å²) in [5.41, 5.74) is 0.786. The van der Waals surface area contributed by atoms with Crippen LogP contribution in [0.5, 0.6) is 5.75 Å². The normalized spacial score (nSPS) is 10.4. The second-order valence-corrected chi connectivity index (χ2v) is 3.97. The first-order valence-electron chi connectivity index (χ1n) is 5.77. The molecule has 20 heavy (non-hydrogen) atoms. The number of aryl methyl sites for hydroxylation is 1. The Balaban J connectivity index is 2.92. The molecular weight excluding hydrogens is 274 g/mol. The van der Waals surface area contributed by atoms with E-state index < -0.39 is 18.6 Å². The molecule has 0 amide bonds. The third-order valence-corrected chi connectivity index (χ3v) is 2.52. The highest BCUT2D eigenvalue weighted by Gasteiger charge is 2.13. The molecule has 0 spiro atoms. The van der Waals surface area contributed by atoms with Crippen LogP contribution in [-0.2, 0) is 27.2 Å². The van der Waals surface area contributed by atoms with Gasteiger partial charge in [0.1, 0.15) is 5.75 Å². The number of carboxylic acid groups (broad SMARTS) is 1. The third kappa shape index (κ3) is 5.21. The minimum absolute atomic E-state index is 0.00732. The van der Waals surface area contributed by atoms with Crippen LogP contribution in [0.3, 0.4) is 0 Å². The Bertz CT molecular complexity index is 488. The second kappa shape index (κ2) is 7.42. The Labute approximate surface area is 114 Å². The number of hydrogen-bond donors (Lipinski definition) is 1. The SMILES string of the molecule is COC(=O)CCc1cc(CC(=O)O)ccc1OC(F)F. The van der Waals surface area contributed by atoms with Crippen LogP contribution in [0.2, 0.25) is 0 Å². The number of methoxy groups -OCH3 is 1. The van der Waals surface area contributed by atoms with Gasteiger partial charge in [-0.05, 0) is 23.6 Å².